The number of Topliss-reactive ketones (excluding diaryl/α,β-unsaturated/α-hetero) is 1. The standard InChI is InChI=1S/C19H25NO4/c1-20-7-6-19-10-14(21)16(24-3)9-12(19)13(20)8-11-4-5-15(23-2)18(22)17(11)19/h4-5,12-13,16,22H,6-10H2,1-3H3/t12-,13-,16?,19-/m1/s1. The highest BCUT2D eigenvalue weighted by atomic mass is 16.5. The fraction of sp³-hybridized carbons (Fsp3) is 0.632. The summed E-state index contributed by atoms with van der Waals surface area (Å²) in [5, 5.41) is 10.9. The number of carbonyl (C=O) groups is 1. The van der Waals surface area contributed by atoms with Crippen LogP contribution in [0.25, 0.3) is 0 Å². The van der Waals surface area contributed by atoms with Crippen molar-refractivity contribution in [3.8, 4) is 11.5 Å². The van der Waals surface area contributed by atoms with Gasteiger partial charge in [0.1, 0.15) is 6.10 Å². The van der Waals surface area contributed by atoms with E-state index in [0.29, 0.717) is 24.1 Å². The Hall–Kier alpha value is -1.59. The van der Waals surface area contributed by atoms with E-state index in [4.69, 9.17) is 9.47 Å². The fourth-order valence-corrected chi connectivity index (χ4v) is 5.45. The predicted octanol–water partition coefficient (Wildman–Crippen LogP) is 1.89. The number of phenols is 1. The third-order valence-electron chi connectivity index (χ3n) is 6.63. The maximum absolute atomic E-state index is 12.7. The molecule has 0 amide bonds. The first-order chi connectivity index (χ1) is 11.5. The van der Waals surface area contributed by atoms with Crippen LogP contribution in [-0.4, -0.2) is 55.7 Å². The van der Waals surface area contributed by atoms with Crippen LogP contribution in [0.1, 0.15) is 30.4 Å². The summed E-state index contributed by atoms with van der Waals surface area (Å²) in [6, 6.07) is 4.29. The Morgan fingerprint density at radius 1 is 1.33 bits per heavy atom. The highest BCUT2D eigenvalue weighted by molar-refractivity contribution is 5.86. The van der Waals surface area contributed by atoms with Crippen molar-refractivity contribution >= 4 is 5.78 Å². The lowest BCUT2D eigenvalue weighted by Gasteiger charge is -2.58. The largest absolute Gasteiger partial charge is 0.504 e. The van der Waals surface area contributed by atoms with E-state index < -0.39 is 0 Å². The molecule has 130 valence electrons. The molecule has 0 aromatic heterocycles. The Morgan fingerprint density at radius 3 is 2.83 bits per heavy atom. The zero-order valence-corrected chi connectivity index (χ0v) is 14.5. The Balaban J connectivity index is 1.91. The first-order valence-electron chi connectivity index (χ1n) is 8.67. The lowest BCUT2D eigenvalue weighted by Crippen LogP contribution is -2.63. The monoisotopic (exact) mass is 331 g/mol. The first-order valence-corrected chi connectivity index (χ1v) is 8.67. The molecule has 1 heterocycles. The number of ketones is 1. The molecule has 5 heteroatoms. The number of hydrogen-bond acceptors (Lipinski definition) is 5. The zero-order valence-electron chi connectivity index (χ0n) is 14.5. The molecule has 1 N–H and O–H groups in total. The molecular weight excluding hydrogens is 306 g/mol. The fourth-order valence-electron chi connectivity index (χ4n) is 5.45. The SMILES string of the molecule is COc1ccc2c(c1O)[C@@]13CCN(C)[C@H](C2)[C@H]1CC(OC)C(=O)C3. The van der Waals surface area contributed by atoms with Crippen molar-refractivity contribution < 1.29 is 19.4 Å². The third kappa shape index (κ3) is 1.97. The summed E-state index contributed by atoms with van der Waals surface area (Å²) in [5.74, 6) is 1.21. The van der Waals surface area contributed by atoms with Gasteiger partial charge in [0.05, 0.1) is 7.11 Å². The minimum absolute atomic E-state index is 0.159. The number of nitrogens with zero attached hydrogens (tertiary/aromatic N) is 1. The Labute approximate surface area is 142 Å². The Bertz CT molecular complexity index is 688. The number of likely N-dealkylation sites (tertiary alicyclic amines) is 1. The zero-order chi connectivity index (χ0) is 17.1. The number of likely N-dealkylation sites (N-methyl/N-ethyl adjacent to an activating group) is 1. The van der Waals surface area contributed by atoms with E-state index in [2.05, 4.69) is 18.0 Å². The van der Waals surface area contributed by atoms with Crippen molar-refractivity contribution in [2.24, 2.45) is 5.92 Å². The van der Waals surface area contributed by atoms with Crippen LogP contribution in [0.4, 0.5) is 0 Å². The van der Waals surface area contributed by atoms with E-state index in [0.717, 1.165) is 36.9 Å². The van der Waals surface area contributed by atoms with Crippen LogP contribution in [0, 0.1) is 5.92 Å². The van der Waals surface area contributed by atoms with Crippen LogP contribution in [0.5, 0.6) is 11.5 Å². The number of phenolic OH excluding ortho intramolecular Hbond substituents is 1. The second-order valence-corrected chi connectivity index (χ2v) is 7.52. The summed E-state index contributed by atoms with van der Waals surface area (Å²) in [6.07, 6.45) is 2.67. The molecule has 1 aromatic carbocycles. The average molecular weight is 331 g/mol. The molecule has 1 unspecified atom stereocenters. The second-order valence-electron chi connectivity index (χ2n) is 7.52. The van der Waals surface area contributed by atoms with Crippen molar-refractivity contribution in [3.63, 3.8) is 0 Å². The number of piperidine rings is 1. The van der Waals surface area contributed by atoms with Crippen molar-refractivity contribution in [2.75, 3.05) is 27.8 Å². The molecule has 2 bridgehead atoms. The summed E-state index contributed by atoms with van der Waals surface area (Å²) >= 11 is 0. The molecule has 1 saturated heterocycles. The summed E-state index contributed by atoms with van der Waals surface area (Å²) in [4.78, 5) is 15.1. The molecule has 1 aliphatic heterocycles. The number of aromatic hydroxyl groups is 1. The van der Waals surface area contributed by atoms with E-state index in [1.54, 1.807) is 14.2 Å². The van der Waals surface area contributed by atoms with E-state index in [1.165, 1.54) is 0 Å². The van der Waals surface area contributed by atoms with E-state index in [9.17, 15) is 9.90 Å². The van der Waals surface area contributed by atoms with Gasteiger partial charge in [0, 0.05) is 30.6 Å². The molecular formula is C19H25NO4. The lowest BCUT2D eigenvalue weighted by atomic mass is 9.51. The summed E-state index contributed by atoms with van der Waals surface area (Å²) < 4.78 is 10.8. The summed E-state index contributed by atoms with van der Waals surface area (Å²) in [5.41, 5.74) is 1.83. The molecule has 5 nitrogen and oxygen atoms in total. The predicted molar refractivity (Wildman–Crippen MR) is 89.6 cm³/mol. The van der Waals surface area contributed by atoms with Crippen LogP contribution >= 0.6 is 0 Å². The number of ether oxygens (including phenoxy) is 2. The van der Waals surface area contributed by atoms with Gasteiger partial charge in [-0.2, -0.15) is 0 Å². The number of rotatable bonds is 2. The van der Waals surface area contributed by atoms with Crippen LogP contribution in [0.3, 0.4) is 0 Å². The van der Waals surface area contributed by atoms with E-state index in [-0.39, 0.29) is 23.1 Å². The Morgan fingerprint density at radius 2 is 2.12 bits per heavy atom. The van der Waals surface area contributed by atoms with Crippen LogP contribution in [0.15, 0.2) is 12.1 Å². The minimum atomic E-state index is -0.313. The molecule has 24 heavy (non-hydrogen) atoms. The lowest BCUT2D eigenvalue weighted by molar-refractivity contribution is -0.141. The molecule has 0 spiro atoms. The molecule has 0 radical (unpaired) electrons. The summed E-state index contributed by atoms with van der Waals surface area (Å²) in [6.45, 7) is 0.947. The van der Waals surface area contributed by atoms with Gasteiger partial charge in [-0.1, -0.05) is 6.07 Å². The van der Waals surface area contributed by atoms with Crippen LogP contribution in [0.2, 0.25) is 0 Å². The van der Waals surface area contributed by atoms with Crippen LogP contribution < -0.4 is 4.74 Å². The van der Waals surface area contributed by atoms with E-state index in [1.807, 2.05) is 6.07 Å². The van der Waals surface area contributed by atoms with Crippen molar-refractivity contribution in [1.29, 1.82) is 0 Å². The average Bonchev–Trinajstić information content (AvgIpc) is 2.57. The molecule has 1 saturated carbocycles. The van der Waals surface area contributed by atoms with Gasteiger partial charge in [-0.25, -0.2) is 0 Å². The molecule has 2 aliphatic carbocycles. The number of fused-ring (bicyclic) bond motifs is 1. The third-order valence-corrected chi connectivity index (χ3v) is 6.63. The van der Waals surface area contributed by atoms with Gasteiger partial charge in [-0.3, -0.25) is 4.79 Å². The molecule has 4 rings (SSSR count). The topological polar surface area (TPSA) is 59.0 Å². The first kappa shape index (κ1) is 15.9. The second kappa shape index (κ2) is 5.46. The van der Waals surface area contributed by atoms with Gasteiger partial charge >= 0.3 is 0 Å². The molecule has 1 aromatic rings. The normalized spacial score (nSPS) is 35.3. The number of hydrogen-bond donors (Lipinski definition) is 1. The summed E-state index contributed by atoms with van der Waals surface area (Å²) in [7, 11) is 5.36. The number of methoxy groups -OCH3 is 2. The molecule has 4 atom stereocenters. The van der Waals surface area contributed by atoms with E-state index >= 15 is 0 Å². The maximum atomic E-state index is 12.7. The highest BCUT2D eigenvalue weighted by Crippen LogP contribution is 2.58. The van der Waals surface area contributed by atoms with Gasteiger partial charge in [0.2, 0.25) is 0 Å². The van der Waals surface area contributed by atoms with Gasteiger partial charge < -0.3 is 19.5 Å². The highest BCUT2D eigenvalue weighted by Gasteiger charge is 2.58. The van der Waals surface area contributed by atoms with Gasteiger partial charge in [-0.15, -0.1) is 0 Å². The van der Waals surface area contributed by atoms with Crippen molar-refractivity contribution in [2.45, 2.75) is 43.2 Å². The van der Waals surface area contributed by atoms with Crippen molar-refractivity contribution in [1.82, 2.24) is 4.90 Å². The number of benzene rings is 1. The van der Waals surface area contributed by atoms with Crippen molar-refractivity contribution in [3.05, 3.63) is 23.3 Å². The van der Waals surface area contributed by atoms with Gasteiger partial charge in [0.25, 0.3) is 0 Å². The minimum Gasteiger partial charge on any atom is -0.504 e. The maximum Gasteiger partial charge on any atom is 0.162 e. The van der Waals surface area contributed by atoms with Gasteiger partial charge in [-0.05, 0) is 50.4 Å². The smallest absolute Gasteiger partial charge is 0.162 e. The number of carbonyl (C=O) groups excluding carboxylic acids is 1. The molecule has 3 aliphatic rings. The van der Waals surface area contributed by atoms with Gasteiger partial charge in [0.15, 0.2) is 17.3 Å². The quantitative estimate of drug-likeness (QED) is 0.897. The van der Waals surface area contributed by atoms with Crippen LogP contribution in [-0.2, 0) is 21.4 Å². The molecule has 2 fully saturated rings. The Kier molecular flexibility index (Phi) is 3.62.